The predicted molar refractivity (Wildman–Crippen MR) is 94.1 cm³/mol. The Hall–Kier alpha value is -1.17. The van der Waals surface area contributed by atoms with Crippen LogP contribution >= 0.6 is 35.0 Å². The SMILES string of the molecule is CC1=Nc2c(c(=O)[nH]n2C(C)C)C(c2ccc(Cl)cc2Cl)S1. The number of fused-ring (bicyclic) bond motifs is 1. The second kappa shape index (κ2) is 5.80. The highest BCUT2D eigenvalue weighted by molar-refractivity contribution is 8.14. The van der Waals surface area contributed by atoms with Gasteiger partial charge in [0.1, 0.15) is 0 Å². The number of aromatic amines is 1. The van der Waals surface area contributed by atoms with E-state index in [4.69, 9.17) is 23.2 Å². The minimum atomic E-state index is -0.180. The van der Waals surface area contributed by atoms with E-state index >= 15 is 0 Å². The molecule has 1 N–H and O–H groups in total. The molecule has 1 atom stereocenters. The second-order valence-electron chi connectivity index (χ2n) is 5.44. The summed E-state index contributed by atoms with van der Waals surface area (Å²) in [4.78, 5) is 17.0. The Balaban J connectivity index is 2.22. The molecule has 0 fully saturated rings. The highest BCUT2D eigenvalue weighted by Gasteiger charge is 2.31. The number of aliphatic imine (C=N–C) groups is 1. The molecule has 1 aromatic carbocycles. The van der Waals surface area contributed by atoms with E-state index in [-0.39, 0.29) is 16.9 Å². The molecule has 0 saturated carbocycles. The van der Waals surface area contributed by atoms with E-state index < -0.39 is 0 Å². The normalized spacial score (nSPS) is 17.5. The van der Waals surface area contributed by atoms with Crippen molar-refractivity contribution < 1.29 is 0 Å². The van der Waals surface area contributed by atoms with Crippen LogP contribution in [-0.4, -0.2) is 14.8 Å². The summed E-state index contributed by atoms with van der Waals surface area (Å²) in [6.07, 6.45) is 0. The lowest BCUT2D eigenvalue weighted by Crippen LogP contribution is -2.13. The lowest BCUT2D eigenvalue weighted by atomic mass is 10.1. The molecule has 3 rings (SSSR count). The summed E-state index contributed by atoms with van der Waals surface area (Å²) in [7, 11) is 0. The van der Waals surface area contributed by atoms with Crippen molar-refractivity contribution in [2.24, 2.45) is 4.99 Å². The van der Waals surface area contributed by atoms with Crippen LogP contribution in [0.5, 0.6) is 0 Å². The standard InChI is InChI=1S/C15H15Cl2N3OS/c1-7(2)20-14-12(15(21)19-20)13(22-8(3)18-14)10-5-4-9(16)6-11(10)17/h4-7,13H,1-3H3,(H,19,21). The van der Waals surface area contributed by atoms with Gasteiger partial charge in [0.15, 0.2) is 5.82 Å². The molecule has 1 unspecified atom stereocenters. The molecule has 116 valence electrons. The first kappa shape index (κ1) is 15.7. The van der Waals surface area contributed by atoms with Gasteiger partial charge in [-0.1, -0.05) is 41.0 Å². The van der Waals surface area contributed by atoms with Crippen molar-refractivity contribution in [1.82, 2.24) is 9.78 Å². The van der Waals surface area contributed by atoms with Gasteiger partial charge in [-0.2, -0.15) is 0 Å². The van der Waals surface area contributed by atoms with Crippen molar-refractivity contribution in [2.75, 3.05) is 0 Å². The third-order valence-corrected chi connectivity index (χ3v) is 5.23. The molecular formula is C15H15Cl2N3OS. The second-order valence-corrected chi connectivity index (χ2v) is 7.58. The molecule has 22 heavy (non-hydrogen) atoms. The van der Waals surface area contributed by atoms with E-state index in [0.717, 1.165) is 10.6 Å². The van der Waals surface area contributed by atoms with Crippen molar-refractivity contribution in [3.63, 3.8) is 0 Å². The Morgan fingerprint density at radius 3 is 2.73 bits per heavy atom. The molecule has 2 aromatic rings. The van der Waals surface area contributed by atoms with Crippen molar-refractivity contribution >= 4 is 45.8 Å². The highest BCUT2D eigenvalue weighted by atomic mass is 35.5. The number of hydrogen-bond donors (Lipinski definition) is 1. The fourth-order valence-electron chi connectivity index (χ4n) is 2.52. The summed E-state index contributed by atoms with van der Waals surface area (Å²) in [6, 6.07) is 5.49. The van der Waals surface area contributed by atoms with Crippen molar-refractivity contribution in [1.29, 1.82) is 0 Å². The maximum absolute atomic E-state index is 12.4. The van der Waals surface area contributed by atoms with Crippen LogP contribution in [0.1, 0.15) is 43.2 Å². The Morgan fingerprint density at radius 1 is 1.36 bits per heavy atom. The first-order valence-electron chi connectivity index (χ1n) is 6.89. The first-order chi connectivity index (χ1) is 10.4. The number of thioether (sulfide) groups is 1. The average Bonchev–Trinajstić information content (AvgIpc) is 2.75. The summed E-state index contributed by atoms with van der Waals surface area (Å²) in [6.45, 7) is 5.95. The molecule has 2 heterocycles. The van der Waals surface area contributed by atoms with Crippen LogP contribution in [0.2, 0.25) is 10.0 Å². The highest BCUT2D eigenvalue weighted by Crippen LogP contribution is 2.46. The molecule has 4 nitrogen and oxygen atoms in total. The average molecular weight is 356 g/mol. The number of aromatic nitrogens is 2. The van der Waals surface area contributed by atoms with Gasteiger partial charge in [0, 0.05) is 16.1 Å². The Kier molecular flexibility index (Phi) is 4.14. The van der Waals surface area contributed by atoms with Gasteiger partial charge >= 0.3 is 0 Å². The zero-order chi connectivity index (χ0) is 16.0. The lowest BCUT2D eigenvalue weighted by Gasteiger charge is -2.22. The summed E-state index contributed by atoms with van der Waals surface area (Å²) in [5.74, 6) is 0.687. The molecule has 0 radical (unpaired) electrons. The van der Waals surface area contributed by atoms with Crippen molar-refractivity contribution in [3.05, 3.63) is 49.7 Å². The Labute approximate surface area is 142 Å². The molecule has 0 amide bonds. The molecule has 0 saturated heterocycles. The zero-order valence-electron chi connectivity index (χ0n) is 12.4. The monoisotopic (exact) mass is 355 g/mol. The van der Waals surface area contributed by atoms with E-state index in [2.05, 4.69) is 10.1 Å². The number of halogens is 2. The molecule has 1 aromatic heterocycles. The maximum atomic E-state index is 12.4. The number of hydrogen-bond acceptors (Lipinski definition) is 3. The minimum absolute atomic E-state index is 0.122. The number of benzene rings is 1. The maximum Gasteiger partial charge on any atom is 0.271 e. The summed E-state index contributed by atoms with van der Waals surface area (Å²) >= 11 is 13.8. The number of nitrogens with zero attached hydrogens (tertiary/aromatic N) is 2. The van der Waals surface area contributed by atoms with Crippen LogP contribution in [-0.2, 0) is 0 Å². The first-order valence-corrected chi connectivity index (χ1v) is 8.53. The Bertz CT molecular complexity index is 823. The zero-order valence-corrected chi connectivity index (χ0v) is 14.7. The number of nitrogens with one attached hydrogen (secondary N) is 1. The smallest absolute Gasteiger partial charge is 0.268 e. The van der Waals surface area contributed by atoms with Gasteiger partial charge in [0.2, 0.25) is 0 Å². The van der Waals surface area contributed by atoms with Crippen LogP contribution in [0, 0.1) is 0 Å². The molecule has 0 aliphatic carbocycles. The summed E-state index contributed by atoms with van der Waals surface area (Å²) in [5.41, 5.74) is 1.40. The van der Waals surface area contributed by atoms with Gasteiger partial charge in [-0.15, -0.1) is 0 Å². The quantitative estimate of drug-likeness (QED) is 0.828. The molecule has 0 spiro atoms. The topological polar surface area (TPSA) is 50.1 Å². The van der Waals surface area contributed by atoms with Crippen LogP contribution in [0.15, 0.2) is 28.0 Å². The van der Waals surface area contributed by atoms with Gasteiger partial charge in [-0.3, -0.25) is 14.6 Å². The van der Waals surface area contributed by atoms with Crippen LogP contribution < -0.4 is 5.56 Å². The fourth-order valence-corrected chi connectivity index (χ4v) is 4.24. The molecule has 0 bridgehead atoms. The largest absolute Gasteiger partial charge is 0.271 e. The predicted octanol–water partition coefficient (Wildman–Crippen LogP) is 4.95. The van der Waals surface area contributed by atoms with Gasteiger partial charge in [0.05, 0.1) is 15.9 Å². The van der Waals surface area contributed by atoms with E-state index in [1.165, 1.54) is 11.8 Å². The van der Waals surface area contributed by atoms with Crippen LogP contribution in [0.4, 0.5) is 5.82 Å². The van der Waals surface area contributed by atoms with Crippen molar-refractivity contribution in [3.8, 4) is 0 Å². The van der Waals surface area contributed by atoms with Crippen molar-refractivity contribution in [2.45, 2.75) is 32.1 Å². The van der Waals surface area contributed by atoms with E-state index in [0.29, 0.717) is 21.4 Å². The van der Waals surface area contributed by atoms with E-state index in [1.807, 2.05) is 26.8 Å². The van der Waals surface area contributed by atoms with Gasteiger partial charge < -0.3 is 0 Å². The minimum Gasteiger partial charge on any atom is -0.268 e. The summed E-state index contributed by atoms with van der Waals surface area (Å²) < 4.78 is 1.80. The third kappa shape index (κ3) is 2.62. The van der Waals surface area contributed by atoms with E-state index in [9.17, 15) is 4.79 Å². The molecule has 7 heteroatoms. The third-order valence-electron chi connectivity index (χ3n) is 3.51. The van der Waals surface area contributed by atoms with Gasteiger partial charge in [-0.25, -0.2) is 4.99 Å². The number of rotatable bonds is 2. The van der Waals surface area contributed by atoms with Gasteiger partial charge in [-0.05, 0) is 38.5 Å². The van der Waals surface area contributed by atoms with E-state index in [1.54, 1.807) is 16.8 Å². The summed E-state index contributed by atoms with van der Waals surface area (Å²) in [5, 5.41) is 4.73. The number of H-pyrrole nitrogens is 1. The molecule has 1 aliphatic heterocycles. The molecule has 1 aliphatic rings. The van der Waals surface area contributed by atoms with Gasteiger partial charge in [0.25, 0.3) is 5.56 Å². The Morgan fingerprint density at radius 2 is 2.09 bits per heavy atom. The van der Waals surface area contributed by atoms with Crippen LogP contribution in [0.3, 0.4) is 0 Å². The lowest BCUT2D eigenvalue weighted by molar-refractivity contribution is 0.533. The van der Waals surface area contributed by atoms with Crippen LogP contribution in [0.25, 0.3) is 0 Å². The molecular weight excluding hydrogens is 341 g/mol. The fraction of sp³-hybridized carbons (Fsp3) is 0.333.